The van der Waals surface area contributed by atoms with Gasteiger partial charge in [0.1, 0.15) is 23.3 Å². The lowest BCUT2D eigenvalue weighted by Gasteiger charge is -2.29. The summed E-state index contributed by atoms with van der Waals surface area (Å²) in [5.41, 5.74) is 4.22. The van der Waals surface area contributed by atoms with E-state index in [4.69, 9.17) is 4.74 Å². The molecule has 1 nitrogen and oxygen atoms in total. The molecule has 0 N–H and O–H groups in total. The van der Waals surface area contributed by atoms with Gasteiger partial charge in [-0.2, -0.15) is 0 Å². The Morgan fingerprint density at radius 1 is 0.714 bits per heavy atom. The third-order valence-electron chi connectivity index (χ3n) is 6.74. The minimum atomic E-state index is -1.39. The third kappa shape index (κ3) is 7.22. The van der Waals surface area contributed by atoms with Crippen LogP contribution in [0.1, 0.15) is 23.1 Å². The Kier molecular flexibility index (Phi) is 10.7. The summed E-state index contributed by atoms with van der Waals surface area (Å²) in [5, 5.41) is 0. The Labute approximate surface area is 309 Å². The van der Waals surface area contributed by atoms with Crippen LogP contribution in [-0.2, 0) is 6.35 Å². The van der Waals surface area contributed by atoms with Crippen LogP contribution in [0.2, 0.25) is 0 Å². The Balaban J connectivity index is 1.37. The fourth-order valence-electron chi connectivity index (χ4n) is 4.63. The van der Waals surface area contributed by atoms with Gasteiger partial charge in [0, 0.05) is 12.7 Å². The van der Waals surface area contributed by atoms with Crippen molar-refractivity contribution in [2.24, 2.45) is 0 Å². The summed E-state index contributed by atoms with van der Waals surface area (Å²) in [4.78, 5) is 0. The van der Waals surface area contributed by atoms with E-state index in [-0.39, 0.29) is 22.5 Å². The molecule has 0 saturated heterocycles. The molecule has 1 aliphatic carbocycles. The van der Waals surface area contributed by atoms with E-state index in [1.54, 1.807) is 6.07 Å². The minimum absolute atomic E-state index is 0.101. The van der Waals surface area contributed by atoms with Crippen LogP contribution < -0.4 is 0 Å². The van der Waals surface area contributed by atoms with Crippen molar-refractivity contribution in [1.29, 1.82) is 0 Å². The van der Waals surface area contributed by atoms with Gasteiger partial charge in [-0.05, 0) is 191 Å². The summed E-state index contributed by atoms with van der Waals surface area (Å²) in [6.07, 6.45) is 3.80. The maximum Gasteiger partial charge on any atom is 0.201 e. The van der Waals surface area contributed by atoms with E-state index in [0.29, 0.717) is 15.6 Å². The van der Waals surface area contributed by atoms with Crippen LogP contribution in [0.3, 0.4) is 0 Å². The van der Waals surface area contributed by atoms with Crippen molar-refractivity contribution < 1.29 is 22.3 Å². The van der Waals surface area contributed by atoms with Crippen molar-refractivity contribution in [2.75, 3.05) is 0 Å². The number of ether oxygens (including phenoxy) is 1. The second kappa shape index (κ2) is 13.6. The molecule has 0 radical (unpaired) electrons. The van der Waals surface area contributed by atoms with E-state index in [1.165, 1.54) is 18.2 Å². The monoisotopic (exact) mass is 1130 g/mol. The van der Waals surface area contributed by atoms with Gasteiger partial charge in [0.2, 0.25) is 1.61 Å². The summed E-state index contributed by atoms with van der Waals surface area (Å²) < 4.78 is 67.6. The third-order valence-corrected chi connectivity index (χ3v) is 12.2. The molecule has 0 heterocycles. The molecule has 0 bridgehead atoms. The molecule has 0 spiro atoms. The van der Waals surface area contributed by atoms with Gasteiger partial charge < -0.3 is 4.74 Å². The molecule has 10 heteroatoms. The lowest BCUT2D eigenvalue weighted by molar-refractivity contribution is 0.0616. The van der Waals surface area contributed by atoms with Gasteiger partial charge in [-0.1, -0.05) is 48.0 Å². The molecule has 0 saturated carbocycles. The van der Waals surface area contributed by atoms with Crippen molar-refractivity contribution in [3.05, 3.63) is 130 Å². The average Bonchev–Trinajstić information content (AvgIpc) is 2.91. The zero-order chi connectivity index (χ0) is 30.3. The van der Waals surface area contributed by atoms with Crippen molar-refractivity contribution in [3.63, 3.8) is 0 Å². The van der Waals surface area contributed by atoms with Crippen LogP contribution in [0.25, 0.3) is 27.8 Å². The number of hydrogen-bond acceptors (Lipinski definition) is 1. The van der Waals surface area contributed by atoms with E-state index in [2.05, 4.69) is 45.2 Å². The molecule has 0 fully saturated rings. The summed E-state index contributed by atoms with van der Waals surface area (Å²) in [6.45, 7) is 1.97. The first-order chi connectivity index (χ1) is 19.8. The van der Waals surface area contributed by atoms with E-state index < -0.39 is 25.2 Å². The fourth-order valence-corrected chi connectivity index (χ4v) is 8.15. The van der Waals surface area contributed by atoms with Gasteiger partial charge in [-0.15, -0.1) is 0 Å². The molecular formula is C32H19F4I5O. The van der Waals surface area contributed by atoms with Gasteiger partial charge in [0.05, 0.1) is 15.2 Å². The molecule has 1 unspecified atom stereocenters. The lowest BCUT2D eigenvalue weighted by Crippen LogP contribution is -2.25. The Hall–Kier alpha value is -0.310. The molecule has 0 aromatic heterocycles. The maximum absolute atomic E-state index is 15.5. The van der Waals surface area contributed by atoms with Crippen LogP contribution in [0.15, 0.2) is 82.5 Å². The summed E-state index contributed by atoms with van der Waals surface area (Å²) in [7, 11) is 0. The zero-order valence-electron chi connectivity index (χ0n) is 21.6. The van der Waals surface area contributed by atoms with Gasteiger partial charge in [-0.25, -0.2) is 17.6 Å². The summed E-state index contributed by atoms with van der Waals surface area (Å²) >= 11 is 10.0. The molecular weight excluding hydrogens is 1110 g/mol. The highest BCUT2D eigenvalue weighted by Gasteiger charge is 2.36. The van der Waals surface area contributed by atoms with Gasteiger partial charge in [-0.3, -0.25) is 0 Å². The number of allylic oxidation sites excluding steroid dienone is 2. The Morgan fingerprint density at radius 2 is 1.31 bits per heavy atom. The molecule has 4 aromatic rings. The van der Waals surface area contributed by atoms with E-state index in [0.717, 1.165) is 41.5 Å². The highest BCUT2D eigenvalue weighted by molar-refractivity contribution is 14.2. The van der Waals surface area contributed by atoms with Gasteiger partial charge >= 0.3 is 0 Å². The highest BCUT2D eigenvalue weighted by Crippen LogP contribution is 2.47. The quantitative estimate of drug-likeness (QED) is 0.0809. The van der Waals surface area contributed by atoms with Crippen molar-refractivity contribution >= 4 is 119 Å². The topological polar surface area (TPSA) is 9.23 Å². The van der Waals surface area contributed by atoms with Crippen LogP contribution >= 0.6 is 113 Å². The number of hydrogen-bond donors (Lipinski definition) is 0. The predicted molar refractivity (Wildman–Crippen MR) is 203 cm³/mol. The second-order valence-electron chi connectivity index (χ2n) is 9.67. The van der Waals surface area contributed by atoms with Crippen molar-refractivity contribution in [1.82, 2.24) is 0 Å². The smallest absolute Gasteiger partial charge is 0.201 e. The fraction of sp³-hybridized carbons (Fsp3) is 0.125. The van der Waals surface area contributed by atoms with Crippen LogP contribution in [-0.4, -0.2) is 6.10 Å². The Bertz CT molecular complexity index is 1700. The van der Waals surface area contributed by atoms with Crippen molar-refractivity contribution in [3.8, 4) is 22.3 Å². The van der Waals surface area contributed by atoms with Crippen LogP contribution in [0.5, 0.6) is 0 Å². The van der Waals surface area contributed by atoms with E-state index in [1.807, 2.05) is 117 Å². The largest absolute Gasteiger partial charge is 0.343 e. The molecule has 42 heavy (non-hydrogen) atoms. The van der Waals surface area contributed by atoms with Crippen LogP contribution in [0.4, 0.5) is 17.6 Å². The predicted octanol–water partition coefficient (Wildman–Crippen LogP) is 12.3. The number of rotatable bonds is 6. The highest BCUT2D eigenvalue weighted by atomic mass is 127. The second-order valence-corrected chi connectivity index (χ2v) is 18.2. The standard InChI is InChI=1S/C32H19F4I5O/c1-16-2-4-17(5-3-16)18-6-8-22(24(33)10-18)19-11-25(34)30(26(35)12-19)32(40,41)42-21-7-9-23(28(37)15-21)20-13-27(36)31(39)29(38)14-20/h2-6,8-15,21H,7H2,1H3. The first-order valence-electron chi connectivity index (χ1n) is 12.5. The van der Waals surface area contributed by atoms with Crippen LogP contribution in [0, 0.1) is 37.3 Å². The normalized spacial score (nSPS) is 15.4. The minimum Gasteiger partial charge on any atom is -0.343 e. The maximum atomic E-state index is 15.5. The molecule has 1 aliphatic rings. The van der Waals surface area contributed by atoms with Crippen molar-refractivity contribution in [2.45, 2.75) is 21.1 Å². The molecule has 4 aromatic carbocycles. The molecule has 0 aliphatic heterocycles. The first-order valence-corrected chi connectivity index (χ1v) is 17.9. The number of halogens is 9. The molecule has 216 valence electrons. The molecule has 5 rings (SSSR count). The van der Waals surface area contributed by atoms with E-state index >= 15 is 13.2 Å². The summed E-state index contributed by atoms with van der Waals surface area (Å²) in [6, 6.07) is 18.1. The lowest BCUT2D eigenvalue weighted by atomic mass is 9.97. The van der Waals surface area contributed by atoms with E-state index in [9.17, 15) is 4.39 Å². The average molecular weight is 1130 g/mol. The zero-order valence-corrected chi connectivity index (χ0v) is 32.4. The molecule has 0 amide bonds. The van der Waals surface area contributed by atoms with Gasteiger partial charge in [0.15, 0.2) is 0 Å². The number of alkyl halides is 2. The number of benzene rings is 4. The number of aryl methyl sites for hydroxylation is 1. The first kappa shape index (κ1) is 33.1. The molecule has 1 atom stereocenters. The SMILES string of the molecule is Cc1ccc(-c2ccc(-c3cc(F)c(C(I)(I)OC4C=C(I)C(c5cc(F)c(I)c(I)c5)=CC4)c(F)c3)c(F)c2)cc1. The van der Waals surface area contributed by atoms with Gasteiger partial charge in [0.25, 0.3) is 0 Å². The Morgan fingerprint density at radius 3 is 1.90 bits per heavy atom. The summed E-state index contributed by atoms with van der Waals surface area (Å²) in [5.74, 6) is -2.51.